The standard InChI is InChI=1S/2CH6O3P.2ClH/c2*1-5(2,3)4;;/h2*2-4H,1H3;2*1H/q2*+1;;/p-2. The Morgan fingerprint density at radius 2 is 0.583 bits per heavy atom. The summed E-state index contributed by atoms with van der Waals surface area (Å²) in [5, 5.41) is 0. The summed E-state index contributed by atoms with van der Waals surface area (Å²) in [4.78, 5) is 46.5. The molecule has 0 saturated carbocycles. The molecule has 0 spiro atoms. The highest BCUT2D eigenvalue weighted by Gasteiger charge is 2.17. The van der Waals surface area contributed by atoms with Gasteiger partial charge in [0, 0.05) is 0 Å². The minimum atomic E-state index is -3.39. The lowest BCUT2D eigenvalue weighted by atomic mass is 12.0. The molecule has 0 aliphatic carbocycles. The van der Waals surface area contributed by atoms with Gasteiger partial charge in [0.1, 0.15) is 13.3 Å². The molecule has 0 unspecified atom stereocenters. The lowest BCUT2D eigenvalue weighted by Crippen LogP contribution is -3.00. The zero-order valence-electron chi connectivity index (χ0n) is 6.33. The average molecular weight is 265 g/mol. The van der Waals surface area contributed by atoms with E-state index in [0.717, 1.165) is 13.3 Å². The molecule has 0 aliphatic heterocycles. The maximum atomic E-state index is 7.74. The molecular weight excluding hydrogens is 253 g/mol. The van der Waals surface area contributed by atoms with E-state index in [1.165, 1.54) is 0 Å². The molecule has 0 fully saturated rings. The van der Waals surface area contributed by atoms with E-state index in [1.807, 2.05) is 0 Å². The van der Waals surface area contributed by atoms with Crippen molar-refractivity contribution in [3.05, 3.63) is 0 Å². The zero-order chi connectivity index (χ0) is 9.00. The van der Waals surface area contributed by atoms with Crippen LogP contribution >= 0.6 is 15.9 Å². The van der Waals surface area contributed by atoms with Crippen molar-refractivity contribution in [1.82, 2.24) is 0 Å². The van der Waals surface area contributed by atoms with Gasteiger partial charge in [-0.1, -0.05) is 0 Å². The predicted octanol–water partition coefficient (Wildman–Crippen LogP) is -7.28. The van der Waals surface area contributed by atoms with E-state index >= 15 is 0 Å². The number of rotatable bonds is 0. The molecule has 0 radical (unpaired) electrons. The van der Waals surface area contributed by atoms with Crippen molar-refractivity contribution in [1.29, 1.82) is 0 Å². The second kappa shape index (κ2) is 8.78. The van der Waals surface area contributed by atoms with Crippen molar-refractivity contribution >= 4 is 15.9 Å². The first-order valence-corrected chi connectivity index (χ1v) is 6.28. The third-order valence-corrected chi connectivity index (χ3v) is 0. The van der Waals surface area contributed by atoms with Gasteiger partial charge in [0.2, 0.25) is 0 Å². The highest BCUT2D eigenvalue weighted by Crippen LogP contribution is 2.38. The summed E-state index contributed by atoms with van der Waals surface area (Å²) in [6.07, 6.45) is 0. The fourth-order valence-electron chi connectivity index (χ4n) is 0. The van der Waals surface area contributed by atoms with Crippen molar-refractivity contribution < 1.29 is 54.2 Å². The second-order valence-corrected chi connectivity index (χ2v) is 5.21. The Kier molecular flexibility index (Phi) is 17.0. The van der Waals surface area contributed by atoms with E-state index < -0.39 is 15.9 Å². The third-order valence-electron chi connectivity index (χ3n) is 0. The average Bonchev–Trinajstić information content (AvgIpc) is 1.12. The first kappa shape index (κ1) is 23.2. The van der Waals surface area contributed by atoms with Gasteiger partial charge in [0.25, 0.3) is 0 Å². The van der Waals surface area contributed by atoms with Crippen molar-refractivity contribution in [2.75, 3.05) is 13.3 Å². The Labute approximate surface area is 83.9 Å². The van der Waals surface area contributed by atoms with Crippen molar-refractivity contribution in [2.45, 2.75) is 0 Å². The van der Waals surface area contributed by atoms with Gasteiger partial charge in [-0.3, -0.25) is 0 Å². The third kappa shape index (κ3) is 809. The monoisotopic (exact) mass is 264 g/mol. The molecule has 0 atom stereocenters. The number of hydrogen-bond acceptors (Lipinski definition) is 6. The van der Waals surface area contributed by atoms with Crippen molar-refractivity contribution in [3.8, 4) is 0 Å². The maximum absolute atomic E-state index is 7.74. The molecule has 0 amide bonds. The summed E-state index contributed by atoms with van der Waals surface area (Å²) in [5.74, 6) is 0. The smallest absolute Gasteiger partial charge is 0.400 e. The summed E-state index contributed by atoms with van der Waals surface area (Å²) in [5.41, 5.74) is 0. The van der Waals surface area contributed by atoms with Crippen LogP contribution in [0.25, 0.3) is 0 Å². The van der Waals surface area contributed by atoms with Crippen molar-refractivity contribution in [2.24, 2.45) is 0 Å². The molecule has 0 bridgehead atoms. The molecule has 0 aliphatic rings. The van der Waals surface area contributed by atoms with Crippen LogP contribution in [0.2, 0.25) is 0 Å². The highest BCUT2D eigenvalue weighted by atomic mass is 35.5. The zero-order valence-corrected chi connectivity index (χ0v) is 9.63. The number of halogens is 2. The first-order chi connectivity index (χ1) is 4.00. The normalized spacial score (nSPS) is 10.0. The molecule has 80 valence electrons. The summed E-state index contributed by atoms with van der Waals surface area (Å²) in [7, 11) is -6.78. The van der Waals surface area contributed by atoms with Crippen LogP contribution in [0.1, 0.15) is 0 Å². The minimum Gasteiger partial charge on any atom is -1.00 e. The molecule has 0 aromatic carbocycles. The van der Waals surface area contributed by atoms with Crippen LogP contribution in [-0.4, -0.2) is 42.7 Å². The first-order valence-electron chi connectivity index (χ1n) is 2.09. The van der Waals surface area contributed by atoms with Crippen LogP contribution in [0.5, 0.6) is 0 Å². The quantitative estimate of drug-likeness (QED) is 0.242. The fourth-order valence-corrected chi connectivity index (χ4v) is 0. The highest BCUT2D eigenvalue weighted by molar-refractivity contribution is 7.57. The lowest BCUT2D eigenvalue weighted by molar-refractivity contribution is -0.001000. The Hall–Kier alpha value is 1.20. The van der Waals surface area contributed by atoms with Gasteiger partial charge < -0.3 is 24.8 Å². The van der Waals surface area contributed by atoms with Gasteiger partial charge >= 0.3 is 15.9 Å². The van der Waals surface area contributed by atoms with E-state index in [0.29, 0.717) is 0 Å². The van der Waals surface area contributed by atoms with E-state index in [1.54, 1.807) is 0 Å². The van der Waals surface area contributed by atoms with E-state index in [4.69, 9.17) is 29.4 Å². The summed E-state index contributed by atoms with van der Waals surface area (Å²) >= 11 is 0. The van der Waals surface area contributed by atoms with Crippen molar-refractivity contribution in [3.63, 3.8) is 0 Å². The molecule has 0 rings (SSSR count). The van der Waals surface area contributed by atoms with Gasteiger partial charge in [-0.2, -0.15) is 29.4 Å². The Balaban J connectivity index is -0.0000000457. The van der Waals surface area contributed by atoms with E-state index in [2.05, 4.69) is 0 Å². The summed E-state index contributed by atoms with van der Waals surface area (Å²) in [6, 6.07) is 0. The molecule has 12 heavy (non-hydrogen) atoms. The topological polar surface area (TPSA) is 121 Å². The van der Waals surface area contributed by atoms with Gasteiger partial charge in [0.05, 0.1) is 0 Å². The van der Waals surface area contributed by atoms with E-state index in [9.17, 15) is 0 Å². The minimum absolute atomic E-state index is 0. The Morgan fingerprint density at radius 3 is 0.583 bits per heavy atom. The van der Waals surface area contributed by atoms with Crippen LogP contribution in [-0.2, 0) is 0 Å². The van der Waals surface area contributed by atoms with Gasteiger partial charge in [0.15, 0.2) is 0 Å². The fraction of sp³-hybridized carbons (Fsp3) is 1.00. The van der Waals surface area contributed by atoms with Gasteiger partial charge in [-0.05, 0) is 0 Å². The Morgan fingerprint density at radius 1 is 0.583 bits per heavy atom. The second-order valence-electron chi connectivity index (χ2n) is 1.74. The van der Waals surface area contributed by atoms with Crippen LogP contribution in [0, 0.1) is 0 Å². The molecule has 0 saturated heterocycles. The molecular formula is C2H12Cl2O6P2. The Bertz CT molecular complexity index is 64.5. The number of hydrogen-bond donors (Lipinski definition) is 6. The molecule has 6 N–H and O–H groups in total. The van der Waals surface area contributed by atoms with Crippen LogP contribution in [0.4, 0.5) is 0 Å². The SMILES string of the molecule is C[P+](O)(O)O.C[P+](O)(O)O.[Cl-].[Cl-]. The molecule has 0 heterocycles. The van der Waals surface area contributed by atoms with Crippen LogP contribution in [0.3, 0.4) is 0 Å². The molecule has 10 heteroatoms. The largest absolute Gasteiger partial charge is 1.00 e. The molecule has 0 aromatic heterocycles. The lowest BCUT2D eigenvalue weighted by Gasteiger charge is -1.88. The maximum Gasteiger partial charge on any atom is 0.400 e. The predicted molar refractivity (Wildman–Crippen MR) is 39.0 cm³/mol. The molecule has 6 nitrogen and oxygen atoms in total. The van der Waals surface area contributed by atoms with E-state index in [-0.39, 0.29) is 24.8 Å². The van der Waals surface area contributed by atoms with Crippen LogP contribution < -0.4 is 24.8 Å². The summed E-state index contributed by atoms with van der Waals surface area (Å²) < 4.78 is 0. The summed E-state index contributed by atoms with van der Waals surface area (Å²) in [6.45, 7) is 1.93. The molecule has 0 aromatic rings. The van der Waals surface area contributed by atoms with Gasteiger partial charge in [-0.25, -0.2) is 0 Å². The van der Waals surface area contributed by atoms with Gasteiger partial charge in [-0.15, -0.1) is 0 Å². The van der Waals surface area contributed by atoms with Crippen LogP contribution in [0.15, 0.2) is 0 Å².